The summed E-state index contributed by atoms with van der Waals surface area (Å²) in [7, 11) is 1.75. The van der Waals surface area contributed by atoms with E-state index in [1.54, 1.807) is 7.05 Å². The highest BCUT2D eigenvalue weighted by Crippen LogP contribution is 2.17. The van der Waals surface area contributed by atoms with Crippen molar-refractivity contribution in [2.24, 2.45) is 4.99 Å². The molecule has 2 nitrogen and oxygen atoms in total. The third-order valence-corrected chi connectivity index (χ3v) is 2.62. The van der Waals surface area contributed by atoms with Crippen molar-refractivity contribution < 1.29 is 0 Å². The summed E-state index contributed by atoms with van der Waals surface area (Å²) >= 11 is 7.27. The van der Waals surface area contributed by atoms with Crippen LogP contribution in [0.5, 0.6) is 0 Å². The number of hydrogen-bond acceptors (Lipinski definition) is 2. The van der Waals surface area contributed by atoms with E-state index in [0.717, 1.165) is 15.8 Å². The van der Waals surface area contributed by atoms with Crippen molar-refractivity contribution in [2.45, 2.75) is 11.8 Å². The highest BCUT2D eigenvalue weighted by Gasteiger charge is 1.93. The molecular formula is C9H11ClN2S. The van der Waals surface area contributed by atoms with Crippen LogP contribution in [0.4, 0.5) is 0 Å². The van der Waals surface area contributed by atoms with Crippen LogP contribution in [0.25, 0.3) is 0 Å². The van der Waals surface area contributed by atoms with Crippen LogP contribution >= 0.6 is 23.5 Å². The first-order valence-corrected chi connectivity index (χ1v) is 5.03. The van der Waals surface area contributed by atoms with E-state index in [9.17, 15) is 0 Å². The number of aliphatic imine (C=N–C) groups is 1. The van der Waals surface area contributed by atoms with Gasteiger partial charge >= 0.3 is 0 Å². The minimum atomic E-state index is 0.755. The van der Waals surface area contributed by atoms with E-state index in [4.69, 9.17) is 11.6 Å². The summed E-state index contributed by atoms with van der Waals surface area (Å²) in [5, 5.41) is 0.755. The van der Waals surface area contributed by atoms with Crippen LogP contribution in [0.2, 0.25) is 5.02 Å². The highest BCUT2D eigenvalue weighted by atomic mass is 35.5. The van der Waals surface area contributed by atoms with Crippen LogP contribution in [0.15, 0.2) is 34.2 Å². The van der Waals surface area contributed by atoms with Crippen LogP contribution < -0.4 is 4.72 Å². The standard InChI is InChI=1S/C9H11ClN2S/c1-7(11-2)12-13-9-5-3-8(10)4-6-9/h3-6H,1-2H3,(H,11,12). The van der Waals surface area contributed by atoms with E-state index in [2.05, 4.69) is 9.71 Å². The van der Waals surface area contributed by atoms with Gasteiger partial charge in [-0.3, -0.25) is 4.99 Å². The molecule has 0 spiro atoms. The molecule has 0 aromatic heterocycles. The molecule has 0 aliphatic rings. The summed E-state index contributed by atoms with van der Waals surface area (Å²) in [5.74, 6) is 0.903. The zero-order valence-electron chi connectivity index (χ0n) is 7.54. The zero-order chi connectivity index (χ0) is 9.68. The van der Waals surface area contributed by atoms with Gasteiger partial charge in [0.15, 0.2) is 0 Å². The average molecular weight is 215 g/mol. The van der Waals surface area contributed by atoms with Gasteiger partial charge in [0.1, 0.15) is 5.84 Å². The smallest absolute Gasteiger partial charge is 0.103 e. The van der Waals surface area contributed by atoms with E-state index >= 15 is 0 Å². The maximum atomic E-state index is 5.75. The molecule has 0 saturated carbocycles. The average Bonchev–Trinajstić information content (AvgIpc) is 2.16. The Bertz CT molecular complexity index is 295. The van der Waals surface area contributed by atoms with Gasteiger partial charge in [0, 0.05) is 17.0 Å². The second-order valence-electron chi connectivity index (χ2n) is 2.47. The molecule has 1 aromatic rings. The van der Waals surface area contributed by atoms with Crippen molar-refractivity contribution in [2.75, 3.05) is 7.05 Å². The summed E-state index contributed by atoms with van der Waals surface area (Å²) in [6.45, 7) is 1.92. The maximum absolute atomic E-state index is 5.75. The number of nitrogens with one attached hydrogen (secondary N) is 1. The molecule has 70 valence electrons. The number of amidine groups is 1. The largest absolute Gasteiger partial charge is 0.314 e. The third kappa shape index (κ3) is 3.70. The molecular weight excluding hydrogens is 204 g/mol. The lowest BCUT2D eigenvalue weighted by Crippen LogP contribution is -2.10. The minimum absolute atomic E-state index is 0.755. The predicted molar refractivity (Wildman–Crippen MR) is 59.5 cm³/mol. The molecule has 0 bridgehead atoms. The fourth-order valence-electron chi connectivity index (χ4n) is 0.681. The topological polar surface area (TPSA) is 24.4 Å². The molecule has 4 heteroatoms. The maximum Gasteiger partial charge on any atom is 0.103 e. The van der Waals surface area contributed by atoms with E-state index in [-0.39, 0.29) is 0 Å². The van der Waals surface area contributed by atoms with Crippen LogP contribution in [-0.4, -0.2) is 12.9 Å². The third-order valence-electron chi connectivity index (χ3n) is 1.47. The summed E-state index contributed by atoms with van der Waals surface area (Å²) in [5.41, 5.74) is 0. The van der Waals surface area contributed by atoms with Gasteiger partial charge in [-0.05, 0) is 43.1 Å². The van der Waals surface area contributed by atoms with Gasteiger partial charge in [-0.25, -0.2) is 0 Å². The van der Waals surface area contributed by atoms with E-state index in [1.165, 1.54) is 11.9 Å². The summed E-state index contributed by atoms with van der Waals surface area (Å²) in [6.07, 6.45) is 0. The molecule has 0 radical (unpaired) electrons. The Labute approximate surface area is 87.5 Å². The predicted octanol–water partition coefficient (Wildman–Crippen LogP) is 2.98. The van der Waals surface area contributed by atoms with Crippen molar-refractivity contribution in [1.82, 2.24) is 4.72 Å². The Hall–Kier alpha value is -0.670. The van der Waals surface area contributed by atoms with Gasteiger partial charge in [-0.1, -0.05) is 11.6 Å². The van der Waals surface area contributed by atoms with Crippen molar-refractivity contribution in [3.05, 3.63) is 29.3 Å². The van der Waals surface area contributed by atoms with E-state index < -0.39 is 0 Å². The molecule has 0 saturated heterocycles. The molecule has 1 rings (SSSR count). The Morgan fingerprint density at radius 1 is 1.38 bits per heavy atom. The molecule has 0 aliphatic heterocycles. The van der Waals surface area contributed by atoms with Gasteiger partial charge in [-0.15, -0.1) is 0 Å². The van der Waals surface area contributed by atoms with Gasteiger partial charge in [0.2, 0.25) is 0 Å². The molecule has 0 heterocycles. The second-order valence-corrected chi connectivity index (χ2v) is 3.78. The van der Waals surface area contributed by atoms with Gasteiger partial charge < -0.3 is 4.72 Å². The first-order valence-electron chi connectivity index (χ1n) is 3.84. The zero-order valence-corrected chi connectivity index (χ0v) is 9.12. The van der Waals surface area contributed by atoms with Gasteiger partial charge in [0.25, 0.3) is 0 Å². The van der Waals surface area contributed by atoms with Crippen molar-refractivity contribution in [1.29, 1.82) is 0 Å². The normalized spacial score (nSPS) is 11.5. The lowest BCUT2D eigenvalue weighted by Gasteiger charge is -2.03. The van der Waals surface area contributed by atoms with Crippen LogP contribution in [0, 0.1) is 0 Å². The molecule has 0 amide bonds. The fourth-order valence-corrected chi connectivity index (χ4v) is 1.44. The summed E-state index contributed by atoms with van der Waals surface area (Å²) in [6, 6.07) is 7.65. The molecule has 0 fully saturated rings. The van der Waals surface area contributed by atoms with Crippen LogP contribution in [0.3, 0.4) is 0 Å². The summed E-state index contributed by atoms with van der Waals surface area (Å²) < 4.78 is 3.09. The Morgan fingerprint density at radius 3 is 2.54 bits per heavy atom. The van der Waals surface area contributed by atoms with E-state index in [1.807, 2.05) is 31.2 Å². The molecule has 13 heavy (non-hydrogen) atoms. The number of nitrogens with zero attached hydrogens (tertiary/aromatic N) is 1. The number of hydrogen-bond donors (Lipinski definition) is 1. The number of halogens is 1. The molecule has 0 unspecified atom stereocenters. The quantitative estimate of drug-likeness (QED) is 0.465. The highest BCUT2D eigenvalue weighted by molar-refractivity contribution is 7.98. The van der Waals surface area contributed by atoms with Crippen LogP contribution in [-0.2, 0) is 0 Å². The SMILES string of the molecule is CN=C(C)NSc1ccc(Cl)cc1. The summed E-state index contributed by atoms with van der Waals surface area (Å²) in [4.78, 5) is 5.10. The monoisotopic (exact) mass is 214 g/mol. The Balaban J connectivity index is 2.51. The lowest BCUT2D eigenvalue weighted by molar-refractivity contribution is 1.32. The molecule has 0 atom stereocenters. The molecule has 1 aromatic carbocycles. The second kappa shape index (κ2) is 5.14. The fraction of sp³-hybridized carbons (Fsp3) is 0.222. The Kier molecular flexibility index (Phi) is 4.12. The van der Waals surface area contributed by atoms with Gasteiger partial charge in [0.05, 0.1) is 0 Å². The van der Waals surface area contributed by atoms with Crippen LogP contribution in [0.1, 0.15) is 6.92 Å². The van der Waals surface area contributed by atoms with Crippen molar-refractivity contribution in [3.63, 3.8) is 0 Å². The first-order chi connectivity index (χ1) is 6.22. The van der Waals surface area contributed by atoms with Gasteiger partial charge in [-0.2, -0.15) is 0 Å². The first kappa shape index (κ1) is 10.4. The number of benzene rings is 1. The lowest BCUT2D eigenvalue weighted by atomic mass is 10.4. The minimum Gasteiger partial charge on any atom is -0.314 e. The van der Waals surface area contributed by atoms with Crippen molar-refractivity contribution >= 4 is 29.4 Å². The van der Waals surface area contributed by atoms with E-state index in [0.29, 0.717) is 0 Å². The van der Waals surface area contributed by atoms with Crippen molar-refractivity contribution in [3.8, 4) is 0 Å². The molecule has 1 N–H and O–H groups in total. The Morgan fingerprint density at radius 2 is 2.00 bits per heavy atom. The molecule has 0 aliphatic carbocycles. The number of rotatable bonds is 2.